The maximum absolute atomic E-state index is 12.4. The summed E-state index contributed by atoms with van der Waals surface area (Å²) < 4.78 is 0. The van der Waals surface area contributed by atoms with Crippen LogP contribution in [0, 0.1) is 0 Å². The highest BCUT2D eigenvalue weighted by molar-refractivity contribution is 6.34. The number of hydrogen-bond acceptors (Lipinski definition) is 3. The first-order valence-electron chi connectivity index (χ1n) is 7.37. The molecule has 1 aliphatic rings. The van der Waals surface area contributed by atoms with E-state index in [1.54, 1.807) is 12.2 Å². The Morgan fingerprint density at radius 3 is 2.50 bits per heavy atom. The minimum absolute atomic E-state index is 0.0813. The second-order valence-corrected chi connectivity index (χ2v) is 5.55. The number of benzene rings is 1. The van der Waals surface area contributed by atoms with Gasteiger partial charge in [-0.05, 0) is 25.7 Å². The first kappa shape index (κ1) is 16.4. The Bertz CT molecular complexity index is 642. The Kier molecular flexibility index (Phi) is 5.84. The molecule has 0 heterocycles. The molecule has 116 valence electrons. The average molecular weight is 319 g/mol. The smallest absolute Gasteiger partial charge is 0.167 e. The SMILES string of the molecule is O=C1CCC/C=C/CC/C=C/C=C/c2c(Cl)c(O)cc(O)c21. The summed E-state index contributed by atoms with van der Waals surface area (Å²) in [5, 5.41) is 19.9. The van der Waals surface area contributed by atoms with Gasteiger partial charge in [0.1, 0.15) is 11.5 Å². The minimum atomic E-state index is -0.238. The molecule has 2 N–H and O–H groups in total. The molecule has 4 heteroatoms. The van der Waals surface area contributed by atoms with Crippen LogP contribution in [0.3, 0.4) is 0 Å². The normalized spacial score (nSPS) is 20.7. The molecule has 0 unspecified atom stereocenters. The first-order valence-corrected chi connectivity index (χ1v) is 7.75. The summed E-state index contributed by atoms with van der Waals surface area (Å²) in [5.74, 6) is -0.643. The van der Waals surface area contributed by atoms with E-state index in [-0.39, 0.29) is 27.9 Å². The van der Waals surface area contributed by atoms with Gasteiger partial charge in [0.25, 0.3) is 0 Å². The van der Waals surface area contributed by atoms with Crippen molar-refractivity contribution in [2.75, 3.05) is 0 Å². The number of carbonyl (C=O) groups excluding carboxylic acids is 1. The number of rotatable bonds is 0. The minimum Gasteiger partial charge on any atom is -0.507 e. The molecule has 0 radical (unpaired) electrons. The van der Waals surface area contributed by atoms with E-state index in [4.69, 9.17) is 11.6 Å². The van der Waals surface area contributed by atoms with Crippen molar-refractivity contribution in [3.8, 4) is 11.5 Å². The van der Waals surface area contributed by atoms with Crippen molar-refractivity contribution in [1.29, 1.82) is 0 Å². The summed E-state index contributed by atoms with van der Waals surface area (Å²) in [7, 11) is 0. The van der Waals surface area contributed by atoms with Crippen LogP contribution in [0.1, 0.15) is 48.0 Å². The molecule has 2 rings (SSSR count). The topological polar surface area (TPSA) is 57.5 Å². The highest BCUT2D eigenvalue weighted by Crippen LogP contribution is 2.37. The molecule has 0 saturated carbocycles. The molecule has 0 saturated heterocycles. The van der Waals surface area contributed by atoms with Crippen molar-refractivity contribution < 1.29 is 15.0 Å². The Hall–Kier alpha value is -2.00. The molecule has 0 aromatic heterocycles. The molecule has 0 fully saturated rings. The summed E-state index contributed by atoms with van der Waals surface area (Å²) in [4.78, 5) is 12.4. The van der Waals surface area contributed by atoms with Crippen LogP contribution in [0.4, 0.5) is 0 Å². The molecule has 0 spiro atoms. The van der Waals surface area contributed by atoms with Gasteiger partial charge in [-0.2, -0.15) is 0 Å². The van der Waals surface area contributed by atoms with Crippen LogP contribution in [0.2, 0.25) is 5.02 Å². The van der Waals surface area contributed by atoms with Crippen molar-refractivity contribution >= 4 is 23.5 Å². The van der Waals surface area contributed by atoms with Crippen LogP contribution in [-0.2, 0) is 0 Å². The maximum atomic E-state index is 12.4. The van der Waals surface area contributed by atoms with Crippen molar-refractivity contribution in [2.45, 2.75) is 32.1 Å². The third-order valence-electron chi connectivity index (χ3n) is 3.49. The van der Waals surface area contributed by atoms with Gasteiger partial charge < -0.3 is 10.2 Å². The van der Waals surface area contributed by atoms with Crippen LogP contribution in [-0.4, -0.2) is 16.0 Å². The molecule has 0 amide bonds. The number of hydrogen-bond donors (Lipinski definition) is 2. The molecule has 3 nitrogen and oxygen atoms in total. The highest BCUT2D eigenvalue weighted by atomic mass is 35.5. The van der Waals surface area contributed by atoms with Gasteiger partial charge in [0.2, 0.25) is 0 Å². The van der Waals surface area contributed by atoms with Crippen LogP contribution in [0.15, 0.2) is 36.4 Å². The first-order chi connectivity index (χ1) is 10.6. The summed E-state index contributed by atoms with van der Waals surface area (Å²) in [6, 6.07) is 1.12. The van der Waals surface area contributed by atoms with Crippen LogP contribution >= 0.6 is 11.6 Å². The summed E-state index contributed by atoms with van der Waals surface area (Å²) >= 11 is 6.10. The molecule has 1 aliphatic carbocycles. The second kappa shape index (κ2) is 7.85. The zero-order valence-corrected chi connectivity index (χ0v) is 13.0. The van der Waals surface area contributed by atoms with Gasteiger partial charge in [-0.25, -0.2) is 0 Å². The van der Waals surface area contributed by atoms with Gasteiger partial charge in [-0.1, -0.05) is 48.1 Å². The lowest BCUT2D eigenvalue weighted by atomic mass is 9.97. The number of Topliss-reactive ketones (excluding diaryl/α,β-unsaturated/α-hetero) is 1. The molecular formula is C18H19ClO3. The number of fused-ring (bicyclic) bond motifs is 1. The zero-order chi connectivity index (χ0) is 15.9. The second-order valence-electron chi connectivity index (χ2n) is 5.17. The Morgan fingerprint density at radius 2 is 1.68 bits per heavy atom. The van der Waals surface area contributed by atoms with Crippen molar-refractivity contribution in [3.05, 3.63) is 52.6 Å². The summed E-state index contributed by atoms with van der Waals surface area (Å²) in [6.07, 6.45) is 15.3. The highest BCUT2D eigenvalue weighted by Gasteiger charge is 2.20. The lowest BCUT2D eigenvalue weighted by Crippen LogP contribution is -2.03. The van der Waals surface area contributed by atoms with Crippen molar-refractivity contribution in [1.82, 2.24) is 0 Å². The fourth-order valence-electron chi connectivity index (χ4n) is 2.36. The fourth-order valence-corrected chi connectivity index (χ4v) is 2.57. The molecule has 0 atom stereocenters. The zero-order valence-electron chi connectivity index (χ0n) is 12.3. The average Bonchev–Trinajstić information content (AvgIpc) is 2.48. The number of phenolic OH excluding ortho intramolecular Hbond substituents is 2. The van der Waals surface area contributed by atoms with E-state index in [1.807, 2.05) is 12.2 Å². The molecule has 22 heavy (non-hydrogen) atoms. The van der Waals surface area contributed by atoms with Gasteiger partial charge in [-0.3, -0.25) is 4.79 Å². The quantitative estimate of drug-likeness (QED) is 0.660. The maximum Gasteiger partial charge on any atom is 0.167 e. The lowest BCUT2D eigenvalue weighted by molar-refractivity contribution is 0.0977. The number of aromatic hydroxyl groups is 2. The fraction of sp³-hybridized carbons (Fsp3) is 0.278. The standard InChI is InChI=1S/C18H19ClO3/c19-18-13-10-8-6-4-2-1-3-5-7-9-11-14(20)17(13)15(21)12-16(18)22/h3-6,8,10,12,21-22H,1-2,7,9,11H2/b5-3+,6-4+,10-8+. The third-order valence-corrected chi connectivity index (χ3v) is 3.89. The van der Waals surface area contributed by atoms with E-state index in [0.29, 0.717) is 18.4 Å². The van der Waals surface area contributed by atoms with E-state index in [2.05, 4.69) is 12.2 Å². The van der Waals surface area contributed by atoms with Crippen LogP contribution in [0.5, 0.6) is 11.5 Å². The van der Waals surface area contributed by atoms with Crippen molar-refractivity contribution in [3.63, 3.8) is 0 Å². The van der Waals surface area contributed by atoms with Gasteiger partial charge in [0.05, 0.1) is 10.6 Å². The number of ketones is 1. The van der Waals surface area contributed by atoms with E-state index in [0.717, 1.165) is 25.3 Å². The monoisotopic (exact) mass is 318 g/mol. The summed E-state index contributed by atoms with van der Waals surface area (Å²) in [6.45, 7) is 0. The van der Waals surface area contributed by atoms with E-state index in [1.165, 1.54) is 0 Å². The summed E-state index contributed by atoms with van der Waals surface area (Å²) in [5.41, 5.74) is 0.537. The van der Waals surface area contributed by atoms with Crippen LogP contribution < -0.4 is 0 Å². The van der Waals surface area contributed by atoms with Crippen molar-refractivity contribution in [2.24, 2.45) is 0 Å². The van der Waals surface area contributed by atoms with E-state index >= 15 is 0 Å². The van der Waals surface area contributed by atoms with Crippen LogP contribution in [0.25, 0.3) is 6.08 Å². The van der Waals surface area contributed by atoms with Gasteiger partial charge in [0.15, 0.2) is 5.78 Å². The third kappa shape index (κ3) is 4.01. The van der Waals surface area contributed by atoms with Gasteiger partial charge >= 0.3 is 0 Å². The number of halogens is 1. The molecule has 0 bridgehead atoms. The van der Waals surface area contributed by atoms with E-state index < -0.39 is 0 Å². The molecule has 1 aromatic rings. The van der Waals surface area contributed by atoms with E-state index in [9.17, 15) is 15.0 Å². The number of allylic oxidation sites excluding steroid dienone is 5. The Labute approximate surface area is 135 Å². The Morgan fingerprint density at radius 1 is 0.955 bits per heavy atom. The Balaban J connectivity index is 2.46. The predicted molar refractivity (Wildman–Crippen MR) is 89.5 cm³/mol. The molecular weight excluding hydrogens is 300 g/mol. The lowest BCUT2D eigenvalue weighted by Gasteiger charge is -2.11. The predicted octanol–water partition coefficient (Wildman–Crippen LogP) is 5.02. The van der Waals surface area contributed by atoms with Gasteiger partial charge in [-0.15, -0.1) is 0 Å². The number of carbonyl (C=O) groups is 1. The number of phenols is 2. The van der Waals surface area contributed by atoms with Gasteiger partial charge in [0, 0.05) is 18.1 Å². The molecule has 0 aliphatic heterocycles. The molecule has 1 aromatic carbocycles. The largest absolute Gasteiger partial charge is 0.507 e.